The Morgan fingerprint density at radius 3 is 2.50 bits per heavy atom. The van der Waals surface area contributed by atoms with E-state index < -0.39 is 0 Å². The molecule has 0 spiro atoms. The number of hydrogen-bond donors (Lipinski definition) is 1. The van der Waals surface area contributed by atoms with Gasteiger partial charge in [0.2, 0.25) is 0 Å². The molecule has 20 heavy (non-hydrogen) atoms. The first-order chi connectivity index (χ1) is 9.58. The van der Waals surface area contributed by atoms with Gasteiger partial charge in [-0.25, -0.2) is 0 Å². The lowest BCUT2D eigenvalue weighted by Crippen LogP contribution is -2.55. The zero-order valence-electron chi connectivity index (χ0n) is 13.9. The summed E-state index contributed by atoms with van der Waals surface area (Å²) >= 11 is 0. The lowest BCUT2D eigenvalue weighted by atomic mass is 10.1. The van der Waals surface area contributed by atoms with E-state index in [9.17, 15) is 0 Å². The van der Waals surface area contributed by atoms with Gasteiger partial charge in [0.15, 0.2) is 0 Å². The van der Waals surface area contributed by atoms with Crippen LogP contribution >= 0.6 is 0 Å². The molecular formula is C16H34N4. The van der Waals surface area contributed by atoms with Gasteiger partial charge >= 0.3 is 0 Å². The van der Waals surface area contributed by atoms with Crippen molar-refractivity contribution in [2.24, 2.45) is 0 Å². The van der Waals surface area contributed by atoms with Crippen molar-refractivity contribution in [3.63, 3.8) is 0 Å². The summed E-state index contributed by atoms with van der Waals surface area (Å²) in [6.45, 7) is 15.6. The van der Waals surface area contributed by atoms with Crippen LogP contribution in [0, 0.1) is 0 Å². The second-order valence-corrected chi connectivity index (χ2v) is 6.94. The molecule has 0 aromatic rings. The molecule has 2 fully saturated rings. The lowest BCUT2D eigenvalue weighted by Gasteiger charge is -2.43. The van der Waals surface area contributed by atoms with Crippen molar-refractivity contribution < 1.29 is 0 Å². The van der Waals surface area contributed by atoms with E-state index in [-0.39, 0.29) is 0 Å². The zero-order chi connectivity index (χ0) is 14.5. The van der Waals surface area contributed by atoms with Crippen LogP contribution in [0.1, 0.15) is 33.6 Å². The molecule has 2 rings (SSSR count). The minimum absolute atomic E-state index is 0.685. The number of rotatable bonds is 5. The van der Waals surface area contributed by atoms with E-state index in [1.807, 2.05) is 0 Å². The Hall–Kier alpha value is -0.160. The highest BCUT2D eigenvalue weighted by molar-refractivity contribution is 4.82. The molecule has 2 saturated heterocycles. The number of piperazine rings is 1. The van der Waals surface area contributed by atoms with Crippen LogP contribution in [0.15, 0.2) is 0 Å². The van der Waals surface area contributed by atoms with Gasteiger partial charge in [-0.3, -0.25) is 9.80 Å². The topological polar surface area (TPSA) is 21.8 Å². The quantitative estimate of drug-likeness (QED) is 0.815. The maximum Gasteiger partial charge on any atom is 0.0198 e. The summed E-state index contributed by atoms with van der Waals surface area (Å²) in [6.07, 6.45) is 2.63. The smallest absolute Gasteiger partial charge is 0.0198 e. The largest absolute Gasteiger partial charge is 0.317 e. The summed E-state index contributed by atoms with van der Waals surface area (Å²) in [4.78, 5) is 7.87. The van der Waals surface area contributed by atoms with Crippen molar-refractivity contribution in [3.05, 3.63) is 0 Å². The van der Waals surface area contributed by atoms with Gasteiger partial charge in [-0.2, -0.15) is 0 Å². The molecule has 0 aromatic heterocycles. The van der Waals surface area contributed by atoms with Crippen LogP contribution in [-0.2, 0) is 0 Å². The Kier molecular flexibility index (Phi) is 6.27. The molecule has 2 aliphatic heterocycles. The third kappa shape index (κ3) is 4.42. The summed E-state index contributed by atoms with van der Waals surface area (Å²) < 4.78 is 0. The molecule has 0 radical (unpaired) electrons. The summed E-state index contributed by atoms with van der Waals surface area (Å²) in [7, 11) is 2.31. The summed E-state index contributed by atoms with van der Waals surface area (Å²) in [5, 5.41) is 3.45. The van der Waals surface area contributed by atoms with Crippen LogP contribution in [0.25, 0.3) is 0 Å². The van der Waals surface area contributed by atoms with E-state index in [1.54, 1.807) is 0 Å². The summed E-state index contributed by atoms with van der Waals surface area (Å²) in [5.41, 5.74) is 0. The fraction of sp³-hybridized carbons (Fsp3) is 1.00. The molecule has 0 bridgehead atoms. The maximum atomic E-state index is 3.45. The van der Waals surface area contributed by atoms with Crippen molar-refractivity contribution in [3.8, 4) is 0 Å². The summed E-state index contributed by atoms with van der Waals surface area (Å²) in [5.74, 6) is 0. The Morgan fingerprint density at radius 2 is 1.90 bits per heavy atom. The molecule has 1 N–H and O–H groups in total. The Labute approximate surface area is 125 Å². The number of nitrogens with one attached hydrogen (secondary N) is 1. The lowest BCUT2D eigenvalue weighted by molar-refractivity contribution is 0.0524. The average molecular weight is 282 g/mol. The first-order valence-electron chi connectivity index (χ1n) is 8.47. The van der Waals surface area contributed by atoms with Crippen LogP contribution < -0.4 is 5.32 Å². The molecule has 2 aliphatic rings. The Bertz CT molecular complexity index is 276. The minimum Gasteiger partial charge on any atom is -0.317 e. The SMILES string of the molecule is CC(C)N1CCN(CCN(C)C2CCNCC2)CC1C. The third-order valence-electron chi connectivity index (χ3n) is 5.13. The molecule has 4 nitrogen and oxygen atoms in total. The normalized spacial score (nSPS) is 27.6. The van der Waals surface area contributed by atoms with Crippen molar-refractivity contribution in [1.29, 1.82) is 0 Å². The molecule has 0 amide bonds. The van der Waals surface area contributed by atoms with Crippen LogP contribution in [0.2, 0.25) is 0 Å². The summed E-state index contributed by atoms with van der Waals surface area (Å²) in [6, 6.07) is 2.18. The predicted molar refractivity (Wildman–Crippen MR) is 86.3 cm³/mol. The number of hydrogen-bond acceptors (Lipinski definition) is 4. The van der Waals surface area contributed by atoms with Crippen LogP contribution in [-0.4, -0.2) is 85.7 Å². The monoisotopic (exact) mass is 282 g/mol. The van der Waals surface area contributed by atoms with Gasteiger partial charge in [-0.15, -0.1) is 0 Å². The van der Waals surface area contributed by atoms with Gasteiger partial charge in [0.05, 0.1) is 0 Å². The second kappa shape index (κ2) is 7.74. The fourth-order valence-electron chi connectivity index (χ4n) is 3.75. The number of nitrogens with zero attached hydrogens (tertiary/aromatic N) is 3. The van der Waals surface area contributed by atoms with E-state index in [4.69, 9.17) is 0 Å². The van der Waals surface area contributed by atoms with Gasteiger partial charge in [-0.05, 0) is 53.8 Å². The van der Waals surface area contributed by atoms with E-state index in [0.29, 0.717) is 12.1 Å². The van der Waals surface area contributed by atoms with Crippen LogP contribution in [0.5, 0.6) is 0 Å². The second-order valence-electron chi connectivity index (χ2n) is 6.94. The van der Waals surface area contributed by atoms with Crippen LogP contribution in [0.3, 0.4) is 0 Å². The third-order valence-corrected chi connectivity index (χ3v) is 5.13. The fourth-order valence-corrected chi connectivity index (χ4v) is 3.75. The highest BCUT2D eigenvalue weighted by Crippen LogP contribution is 2.14. The molecule has 0 saturated carbocycles. The molecule has 0 aliphatic carbocycles. The van der Waals surface area contributed by atoms with Gasteiger partial charge < -0.3 is 10.2 Å². The van der Waals surface area contributed by atoms with Crippen molar-refractivity contribution in [2.45, 2.75) is 51.7 Å². The molecule has 118 valence electrons. The highest BCUT2D eigenvalue weighted by Gasteiger charge is 2.25. The average Bonchev–Trinajstić information content (AvgIpc) is 2.45. The van der Waals surface area contributed by atoms with Crippen LogP contribution in [0.4, 0.5) is 0 Å². The molecule has 1 atom stereocenters. The zero-order valence-corrected chi connectivity index (χ0v) is 13.9. The minimum atomic E-state index is 0.685. The van der Waals surface area contributed by atoms with Crippen molar-refractivity contribution in [2.75, 3.05) is 52.9 Å². The standard InChI is InChI=1S/C16H34N4/c1-14(2)20-12-11-19(13-15(20)3)10-9-18(4)16-5-7-17-8-6-16/h14-17H,5-13H2,1-4H3. The van der Waals surface area contributed by atoms with E-state index in [2.05, 4.69) is 47.8 Å². The Morgan fingerprint density at radius 1 is 1.20 bits per heavy atom. The van der Waals surface area contributed by atoms with E-state index >= 15 is 0 Å². The van der Waals surface area contributed by atoms with E-state index in [1.165, 1.54) is 58.7 Å². The molecule has 4 heteroatoms. The van der Waals surface area contributed by atoms with Gasteiger partial charge in [0.25, 0.3) is 0 Å². The molecular weight excluding hydrogens is 248 g/mol. The first kappa shape index (κ1) is 16.2. The Balaban J connectivity index is 1.69. The highest BCUT2D eigenvalue weighted by atomic mass is 15.3. The molecule has 0 aromatic carbocycles. The van der Waals surface area contributed by atoms with Gasteiger partial charge in [0.1, 0.15) is 0 Å². The molecule has 2 heterocycles. The van der Waals surface area contributed by atoms with E-state index in [0.717, 1.165) is 6.04 Å². The van der Waals surface area contributed by atoms with Gasteiger partial charge in [0, 0.05) is 50.8 Å². The number of likely N-dealkylation sites (N-methyl/N-ethyl adjacent to an activating group) is 1. The predicted octanol–water partition coefficient (Wildman–Crippen LogP) is 1.08. The van der Waals surface area contributed by atoms with Gasteiger partial charge in [-0.1, -0.05) is 0 Å². The maximum absolute atomic E-state index is 3.45. The number of piperidine rings is 1. The first-order valence-corrected chi connectivity index (χ1v) is 8.47. The van der Waals surface area contributed by atoms with Crippen molar-refractivity contribution >= 4 is 0 Å². The van der Waals surface area contributed by atoms with Crippen molar-refractivity contribution in [1.82, 2.24) is 20.0 Å². The molecule has 1 unspecified atom stereocenters.